The molecule has 0 atom stereocenters. The minimum Gasteiger partial charge on any atom is -0.507 e. The second-order valence-electron chi connectivity index (χ2n) is 17.1. The summed E-state index contributed by atoms with van der Waals surface area (Å²) in [5.74, 6) is -0.572. The minimum atomic E-state index is -2.99. The average molecular weight is 802 g/mol. The first-order valence-corrected chi connectivity index (χ1v) is 20.1. The van der Waals surface area contributed by atoms with E-state index in [1.54, 1.807) is 41.8 Å². The van der Waals surface area contributed by atoms with Crippen LogP contribution in [0, 0.1) is 27.6 Å². The Kier molecular flexibility index (Phi) is 7.02. The fraction of sp³-hybridized carbons (Fsp3) is 0.250. The van der Waals surface area contributed by atoms with Gasteiger partial charge in [-0.2, -0.15) is 0 Å². The largest absolute Gasteiger partial charge is 0.507 e. The highest BCUT2D eigenvalue weighted by Gasteiger charge is 2.24. The highest BCUT2D eigenvalue weighted by molar-refractivity contribution is 5.97. The van der Waals surface area contributed by atoms with Crippen LogP contribution >= 0.6 is 0 Å². The number of benzene rings is 6. The van der Waals surface area contributed by atoms with Crippen molar-refractivity contribution in [2.24, 2.45) is 0 Å². The summed E-state index contributed by atoms with van der Waals surface area (Å²) in [4.78, 5) is 9.68. The van der Waals surface area contributed by atoms with Crippen LogP contribution in [0.1, 0.15) is 118 Å². The summed E-state index contributed by atoms with van der Waals surface area (Å²) < 4.78 is 123. The molecular formula is C56H57N3O. The molecule has 4 nitrogen and oxygen atoms in total. The van der Waals surface area contributed by atoms with E-state index in [-0.39, 0.29) is 28.7 Å². The molecule has 0 bridgehead atoms. The molecule has 8 aromatic rings. The van der Waals surface area contributed by atoms with Gasteiger partial charge in [0.25, 0.3) is 0 Å². The number of imidazole rings is 1. The van der Waals surface area contributed by atoms with Gasteiger partial charge in [-0.1, -0.05) is 127 Å². The summed E-state index contributed by atoms with van der Waals surface area (Å²) in [5, 5.41) is 11.8. The molecule has 0 spiro atoms. The van der Waals surface area contributed by atoms with E-state index in [4.69, 9.17) is 22.8 Å². The molecular weight excluding hydrogens is 731 g/mol. The van der Waals surface area contributed by atoms with Crippen molar-refractivity contribution in [1.82, 2.24) is 14.5 Å². The normalized spacial score (nSPS) is 15.9. The van der Waals surface area contributed by atoms with Crippen molar-refractivity contribution in [3.05, 3.63) is 166 Å². The Labute approximate surface area is 376 Å². The van der Waals surface area contributed by atoms with Crippen molar-refractivity contribution in [1.29, 1.82) is 0 Å². The molecule has 0 saturated heterocycles. The highest BCUT2D eigenvalue weighted by atomic mass is 16.3. The highest BCUT2D eigenvalue weighted by Crippen LogP contribution is 2.42. The summed E-state index contributed by atoms with van der Waals surface area (Å²) in [6.45, 7) is 11.8. The van der Waals surface area contributed by atoms with E-state index >= 15 is 0 Å². The molecule has 8 rings (SSSR count). The van der Waals surface area contributed by atoms with Gasteiger partial charge in [-0.3, -0.25) is 9.55 Å². The molecule has 0 amide bonds. The molecule has 302 valence electrons. The van der Waals surface area contributed by atoms with Crippen LogP contribution in [0.15, 0.2) is 127 Å². The predicted molar refractivity (Wildman–Crippen MR) is 254 cm³/mol. The molecule has 0 aliphatic heterocycles. The van der Waals surface area contributed by atoms with E-state index in [0.717, 1.165) is 27.8 Å². The topological polar surface area (TPSA) is 50.9 Å². The maximum absolute atomic E-state index is 11.8. The van der Waals surface area contributed by atoms with Crippen LogP contribution in [-0.2, 0) is 5.41 Å². The first-order chi connectivity index (χ1) is 34.2. The van der Waals surface area contributed by atoms with Crippen molar-refractivity contribution >= 4 is 11.0 Å². The molecule has 0 saturated carbocycles. The van der Waals surface area contributed by atoms with Gasteiger partial charge in [0.05, 0.1) is 37.6 Å². The molecule has 0 unspecified atom stereocenters. The van der Waals surface area contributed by atoms with Crippen molar-refractivity contribution in [2.75, 3.05) is 0 Å². The molecule has 6 aromatic carbocycles. The van der Waals surface area contributed by atoms with Gasteiger partial charge in [0.1, 0.15) is 11.6 Å². The van der Waals surface area contributed by atoms with Crippen LogP contribution < -0.4 is 0 Å². The van der Waals surface area contributed by atoms with E-state index in [0.29, 0.717) is 50.1 Å². The van der Waals surface area contributed by atoms with E-state index in [1.807, 2.05) is 96.1 Å². The second-order valence-corrected chi connectivity index (χ2v) is 17.1. The Morgan fingerprint density at radius 2 is 1.45 bits per heavy atom. The lowest BCUT2D eigenvalue weighted by molar-refractivity contribution is 0.472. The summed E-state index contributed by atoms with van der Waals surface area (Å²) in [5.41, 5.74) is 6.04. The third-order valence-corrected chi connectivity index (χ3v) is 11.0. The third-order valence-electron chi connectivity index (χ3n) is 11.0. The zero-order chi connectivity index (χ0) is 54.6. The maximum atomic E-state index is 11.8. The molecule has 2 heterocycles. The SMILES string of the molecule is [2H]c1nc(-c2cc(-c3cccc4c3nc(-c3cc(C)cc(C)c3O)n4-c3ccc(-c4cc(C(C)C)cc(C([2H])(C)C)c4)cc3C([2H])([2H])[2H])cc(C(C)(C)C)c2)c([2H])c(-c2c([2H])c([2H])c(C([2H])([2H])[2H])c([2H])c2[2H])c1[2H]. The van der Waals surface area contributed by atoms with Crippen LogP contribution in [0.4, 0.5) is 0 Å². The number of hydrogen-bond acceptors (Lipinski definition) is 3. The molecule has 0 radical (unpaired) electrons. The Bertz CT molecular complexity index is 3570. The lowest BCUT2D eigenvalue weighted by Crippen LogP contribution is -2.11. The molecule has 0 fully saturated rings. The lowest BCUT2D eigenvalue weighted by Gasteiger charge is -2.22. The molecule has 2 aromatic heterocycles. The first kappa shape index (κ1) is 26.8. The number of phenols is 1. The lowest BCUT2D eigenvalue weighted by atomic mass is 9.83. The van der Waals surface area contributed by atoms with E-state index in [9.17, 15) is 6.48 Å². The van der Waals surface area contributed by atoms with Gasteiger partial charge in [-0.15, -0.1) is 0 Å². The Morgan fingerprint density at radius 3 is 2.17 bits per heavy atom. The van der Waals surface area contributed by atoms with Crippen LogP contribution in [0.2, 0.25) is 0 Å². The van der Waals surface area contributed by atoms with Crippen molar-refractivity contribution in [2.45, 2.75) is 93.2 Å². The molecule has 0 aliphatic rings. The number of nitrogens with zero attached hydrogens (tertiary/aromatic N) is 3. The smallest absolute Gasteiger partial charge is 0.149 e. The van der Waals surface area contributed by atoms with Crippen LogP contribution in [0.5, 0.6) is 5.75 Å². The summed E-state index contributed by atoms with van der Waals surface area (Å²) in [6, 6.07) is 21.5. The van der Waals surface area contributed by atoms with Gasteiger partial charge in [-0.05, 0) is 154 Å². The Morgan fingerprint density at radius 1 is 0.683 bits per heavy atom. The Hall–Kier alpha value is -6.26. The standard InChI is InChI=1S/C56H57N3O/c1-33(2)42-26-43(34(3)4)28-44(27-42)40-19-20-51(37(7)25-40)59-52-14-12-13-48(53(52)58-55(59)49-24-36(6)23-38(8)54(49)60)45-29-46(31-47(30-45)56(9,10)11)50-32-41(21-22-57-50)39-17-15-35(5)16-18-39/h12-34,60H,1-11H3/i5D3,7D3,15D,16D,17D,18D,21D,22D,32D,33D. The summed E-state index contributed by atoms with van der Waals surface area (Å²) in [6.07, 6.45) is -0.617. The molecule has 60 heavy (non-hydrogen) atoms. The number of para-hydroxylation sites is 1. The second kappa shape index (κ2) is 15.7. The average Bonchev–Trinajstić information content (AvgIpc) is 3.69. The first-order valence-electron chi connectivity index (χ1n) is 27.1. The number of pyridine rings is 1. The van der Waals surface area contributed by atoms with Gasteiger partial charge in [0, 0.05) is 26.9 Å². The van der Waals surface area contributed by atoms with Crippen molar-refractivity contribution in [3.8, 4) is 67.5 Å². The van der Waals surface area contributed by atoms with Gasteiger partial charge in [-0.25, -0.2) is 4.98 Å². The quantitative estimate of drug-likeness (QED) is 0.166. The predicted octanol–water partition coefficient (Wildman–Crippen LogP) is 15.2. The molecule has 1 N–H and O–H groups in total. The third kappa shape index (κ3) is 7.79. The van der Waals surface area contributed by atoms with E-state index in [2.05, 4.69) is 18.8 Å². The molecule has 0 aliphatic carbocycles. The number of fused-ring (bicyclic) bond motifs is 1. The van der Waals surface area contributed by atoms with Crippen LogP contribution in [0.25, 0.3) is 72.7 Å². The zero-order valence-electron chi connectivity index (χ0n) is 49.4. The maximum Gasteiger partial charge on any atom is 0.149 e. The van der Waals surface area contributed by atoms with E-state index < -0.39 is 84.1 Å². The number of aromatic nitrogens is 3. The zero-order valence-corrected chi connectivity index (χ0v) is 35.4. The number of rotatable bonds is 8. The van der Waals surface area contributed by atoms with Gasteiger partial charge < -0.3 is 5.11 Å². The van der Waals surface area contributed by atoms with Gasteiger partial charge in [0.2, 0.25) is 0 Å². The summed E-state index contributed by atoms with van der Waals surface area (Å²) >= 11 is 0. The van der Waals surface area contributed by atoms with E-state index in [1.165, 1.54) is 0 Å². The minimum absolute atomic E-state index is 0.0205. The van der Waals surface area contributed by atoms with Crippen LogP contribution in [-0.4, -0.2) is 19.6 Å². The van der Waals surface area contributed by atoms with Crippen LogP contribution in [0.3, 0.4) is 0 Å². The van der Waals surface area contributed by atoms with Crippen molar-refractivity contribution < 1.29 is 24.3 Å². The number of aryl methyl sites for hydroxylation is 3. The monoisotopic (exact) mass is 802 g/mol. The van der Waals surface area contributed by atoms with Gasteiger partial charge >= 0.3 is 0 Å². The van der Waals surface area contributed by atoms with Gasteiger partial charge in [0.15, 0.2) is 0 Å². The number of phenolic OH excluding ortho intramolecular Hbond substituents is 1. The Balaban J connectivity index is 1.42. The fourth-order valence-electron chi connectivity index (χ4n) is 7.61. The number of hydrogen-bond donors (Lipinski definition) is 1. The van der Waals surface area contributed by atoms with Crippen molar-refractivity contribution in [3.63, 3.8) is 0 Å². The summed E-state index contributed by atoms with van der Waals surface area (Å²) in [7, 11) is 0. The number of aromatic hydroxyl groups is 1. The molecule has 4 heteroatoms. The fourth-order valence-corrected chi connectivity index (χ4v) is 7.61.